The van der Waals surface area contributed by atoms with E-state index < -0.39 is 24.3 Å². The largest absolute Gasteiger partial charge is 0.481 e. The van der Waals surface area contributed by atoms with Crippen LogP contribution in [0.1, 0.15) is 6.42 Å². The average molecular weight is 200 g/mol. The summed E-state index contributed by atoms with van der Waals surface area (Å²) < 4.78 is 0. The monoisotopic (exact) mass is 200 g/mol. The third-order valence-electron chi connectivity index (χ3n) is 1.10. The van der Waals surface area contributed by atoms with E-state index in [2.05, 4.69) is 0 Å². The molecule has 6 heteroatoms. The fourth-order valence-electron chi connectivity index (χ4n) is 0.670. The fourth-order valence-corrected chi connectivity index (χ4v) is 0.670. The molecule has 0 saturated carbocycles. The molecule has 0 fully saturated rings. The van der Waals surface area contributed by atoms with Crippen molar-refractivity contribution in [1.82, 2.24) is 0 Å². The van der Waals surface area contributed by atoms with Crippen molar-refractivity contribution in [3.8, 4) is 0 Å². The van der Waals surface area contributed by atoms with Gasteiger partial charge in [-0.3, -0.25) is 4.79 Å². The Kier molecular flexibility index (Phi) is 4.69. The van der Waals surface area contributed by atoms with Crippen LogP contribution in [0, 0.1) is 0 Å². The molecule has 0 radical (unpaired) electrons. The quantitative estimate of drug-likeness (QED) is 0.429. The van der Waals surface area contributed by atoms with Crippen molar-refractivity contribution < 1.29 is 29.7 Å². The smallest absolute Gasteiger partial charge is 0.328 e. The second kappa shape index (κ2) is 5.52. The van der Waals surface area contributed by atoms with E-state index in [1.54, 1.807) is 0 Å². The number of carboxylic acid groups (broad SMARTS) is 3. The van der Waals surface area contributed by atoms with E-state index in [1.807, 2.05) is 0 Å². The maximum atomic E-state index is 10.2. The Bertz CT molecular complexity index is 312. The number of allylic oxidation sites excluding steroid dienone is 1. The lowest BCUT2D eigenvalue weighted by atomic mass is 10.1. The molecule has 6 nitrogen and oxygen atoms in total. The van der Waals surface area contributed by atoms with Gasteiger partial charge in [0.2, 0.25) is 0 Å². The van der Waals surface area contributed by atoms with Crippen molar-refractivity contribution >= 4 is 17.9 Å². The number of aliphatic carboxylic acids is 3. The summed E-state index contributed by atoms with van der Waals surface area (Å²) in [5.74, 6) is -3.82. The van der Waals surface area contributed by atoms with E-state index in [4.69, 9.17) is 15.3 Å². The van der Waals surface area contributed by atoms with Crippen molar-refractivity contribution in [3.63, 3.8) is 0 Å². The number of hydrogen-bond acceptors (Lipinski definition) is 3. The zero-order valence-electron chi connectivity index (χ0n) is 7.01. The maximum Gasteiger partial charge on any atom is 0.328 e. The number of carboxylic acids is 3. The van der Waals surface area contributed by atoms with Crippen LogP contribution in [0.5, 0.6) is 0 Å². The van der Waals surface area contributed by atoms with Gasteiger partial charge in [0.05, 0.1) is 6.42 Å². The first kappa shape index (κ1) is 11.9. The molecule has 0 spiro atoms. The first-order chi connectivity index (χ1) is 6.41. The van der Waals surface area contributed by atoms with Gasteiger partial charge in [0.1, 0.15) is 0 Å². The highest BCUT2D eigenvalue weighted by Crippen LogP contribution is 2.03. The summed E-state index contributed by atoms with van der Waals surface area (Å²) in [5.41, 5.74) is -0.0904. The lowest BCUT2D eigenvalue weighted by molar-refractivity contribution is -0.136. The van der Waals surface area contributed by atoms with Gasteiger partial charge in [0.25, 0.3) is 0 Å². The highest BCUT2D eigenvalue weighted by atomic mass is 16.4. The molecule has 14 heavy (non-hydrogen) atoms. The predicted octanol–water partition coefficient (Wildman–Crippen LogP) is 0.113. The van der Waals surface area contributed by atoms with E-state index >= 15 is 0 Å². The van der Waals surface area contributed by atoms with Crippen molar-refractivity contribution in [3.05, 3.63) is 23.8 Å². The lowest BCUT2D eigenvalue weighted by Crippen LogP contribution is -1.99. The first-order valence-corrected chi connectivity index (χ1v) is 3.48. The van der Waals surface area contributed by atoms with E-state index in [1.165, 1.54) is 0 Å². The summed E-state index contributed by atoms with van der Waals surface area (Å²) in [6.45, 7) is 0. The minimum absolute atomic E-state index is 0.0904. The molecule has 0 aromatic carbocycles. The first-order valence-electron chi connectivity index (χ1n) is 3.48. The van der Waals surface area contributed by atoms with Crippen LogP contribution in [0.3, 0.4) is 0 Å². The zero-order valence-corrected chi connectivity index (χ0v) is 7.01. The van der Waals surface area contributed by atoms with Gasteiger partial charge < -0.3 is 15.3 Å². The van der Waals surface area contributed by atoms with Gasteiger partial charge in [-0.2, -0.15) is 0 Å². The Morgan fingerprint density at radius 2 is 1.50 bits per heavy atom. The predicted molar refractivity (Wildman–Crippen MR) is 44.7 cm³/mol. The second-order valence-electron chi connectivity index (χ2n) is 2.30. The molecule has 0 aliphatic carbocycles. The number of hydrogen-bond donors (Lipinski definition) is 3. The molecular weight excluding hydrogens is 192 g/mol. The summed E-state index contributed by atoms with van der Waals surface area (Å²) in [7, 11) is 0. The number of carbonyl (C=O) groups is 3. The van der Waals surface area contributed by atoms with E-state index in [9.17, 15) is 14.4 Å². The summed E-state index contributed by atoms with van der Waals surface area (Å²) >= 11 is 0. The third-order valence-corrected chi connectivity index (χ3v) is 1.10. The van der Waals surface area contributed by atoms with Crippen LogP contribution in [0.15, 0.2) is 23.8 Å². The van der Waals surface area contributed by atoms with Gasteiger partial charge >= 0.3 is 17.9 Å². The second-order valence-corrected chi connectivity index (χ2v) is 2.30. The Labute approximate surface area is 78.8 Å². The van der Waals surface area contributed by atoms with Crippen molar-refractivity contribution in [2.75, 3.05) is 0 Å². The molecule has 76 valence electrons. The Morgan fingerprint density at radius 3 is 1.86 bits per heavy atom. The van der Waals surface area contributed by atoms with Crippen molar-refractivity contribution in [2.45, 2.75) is 6.42 Å². The SMILES string of the molecule is O=C(O)/C=C(\C=C\C(=O)O)CC(=O)O. The normalized spacial score (nSPS) is 11.6. The molecule has 3 N–H and O–H groups in total. The number of rotatable bonds is 5. The topological polar surface area (TPSA) is 112 Å². The van der Waals surface area contributed by atoms with Gasteiger partial charge in [-0.05, 0) is 5.57 Å². The molecule has 0 amide bonds. The van der Waals surface area contributed by atoms with Crippen LogP contribution in [0.25, 0.3) is 0 Å². The minimum atomic E-state index is -1.32. The Hall–Kier alpha value is -2.11. The lowest BCUT2D eigenvalue weighted by Gasteiger charge is -1.94. The highest BCUT2D eigenvalue weighted by molar-refractivity contribution is 5.85. The molecule has 0 heterocycles. The molecule has 0 unspecified atom stereocenters. The molecular formula is C8H8O6. The molecule has 0 aliphatic rings. The van der Waals surface area contributed by atoms with Crippen LogP contribution in [-0.4, -0.2) is 33.2 Å². The van der Waals surface area contributed by atoms with Crippen LogP contribution in [0.2, 0.25) is 0 Å². The van der Waals surface area contributed by atoms with Gasteiger partial charge in [0.15, 0.2) is 0 Å². The van der Waals surface area contributed by atoms with E-state index in [-0.39, 0.29) is 5.57 Å². The summed E-state index contributed by atoms with van der Waals surface area (Å²) in [6, 6.07) is 0. The average Bonchev–Trinajstić information content (AvgIpc) is 1.97. The minimum Gasteiger partial charge on any atom is -0.481 e. The molecule has 0 aliphatic heterocycles. The molecule has 0 rings (SSSR count). The van der Waals surface area contributed by atoms with Crippen LogP contribution in [-0.2, 0) is 14.4 Å². The van der Waals surface area contributed by atoms with Crippen LogP contribution >= 0.6 is 0 Å². The third kappa shape index (κ3) is 6.59. The van der Waals surface area contributed by atoms with E-state index in [0.29, 0.717) is 12.2 Å². The van der Waals surface area contributed by atoms with E-state index in [0.717, 1.165) is 6.08 Å². The van der Waals surface area contributed by atoms with Gasteiger partial charge in [0, 0.05) is 12.2 Å². The highest BCUT2D eigenvalue weighted by Gasteiger charge is 2.03. The standard InChI is InChI=1S/C8H8O6/c9-6(10)2-1-5(3-7(11)12)4-8(13)14/h1-3H,4H2,(H,9,10)(H,11,12)(H,13,14)/b2-1+,5-3+. The fraction of sp³-hybridized carbons (Fsp3) is 0.125. The van der Waals surface area contributed by atoms with Crippen molar-refractivity contribution in [2.24, 2.45) is 0 Å². The molecule has 0 aromatic rings. The molecule has 0 atom stereocenters. The van der Waals surface area contributed by atoms with Gasteiger partial charge in [-0.15, -0.1) is 0 Å². The summed E-state index contributed by atoms with van der Waals surface area (Å²) in [5, 5.41) is 24.9. The Morgan fingerprint density at radius 1 is 0.929 bits per heavy atom. The Balaban J connectivity index is 4.64. The van der Waals surface area contributed by atoms with Gasteiger partial charge in [-0.25, -0.2) is 9.59 Å². The van der Waals surface area contributed by atoms with Gasteiger partial charge in [-0.1, -0.05) is 6.08 Å². The molecule has 0 bridgehead atoms. The van der Waals surface area contributed by atoms with Crippen LogP contribution < -0.4 is 0 Å². The maximum absolute atomic E-state index is 10.2. The molecule has 0 saturated heterocycles. The summed E-state index contributed by atoms with van der Waals surface area (Å²) in [6.07, 6.45) is 1.73. The zero-order chi connectivity index (χ0) is 11.1. The molecule has 0 aromatic heterocycles. The van der Waals surface area contributed by atoms with Crippen molar-refractivity contribution in [1.29, 1.82) is 0 Å². The summed E-state index contributed by atoms with van der Waals surface area (Å²) in [4.78, 5) is 30.5. The van der Waals surface area contributed by atoms with Crippen LogP contribution in [0.4, 0.5) is 0 Å².